The van der Waals surface area contributed by atoms with Gasteiger partial charge in [0.25, 0.3) is 0 Å². The Balaban J connectivity index is 2.27. The highest BCUT2D eigenvalue weighted by molar-refractivity contribution is 5.51. The van der Waals surface area contributed by atoms with Crippen molar-refractivity contribution in [1.29, 1.82) is 0 Å². The van der Waals surface area contributed by atoms with E-state index in [0.717, 1.165) is 31.6 Å². The second kappa shape index (κ2) is 5.92. The molecule has 1 fully saturated rings. The van der Waals surface area contributed by atoms with Gasteiger partial charge in [0.05, 0.1) is 11.8 Å². The minimum atomic E-state index is 0.157. The summed E-state index contributed by atoms with van der Waals surface area (Å²) in [5, 5.41) is 4.57. The molecule has 5 heteroatoms. The molecule has 0 aliphatic carbocycles. The second-order valence-electron chi connectivity index (χ2n) is 5.64. The van der Waals surface area contributed by atoms with Crippen LogP contribution in [0.3, 0.4) is 0 Å². The lowest BCUT2D eigenvalue weighted by molar-refractivity contribution is 0.0889. The molecule has 1 aliphatic heterocycles. The van der Waals surface area contributed by atoms with Crippen LogP contribution in [0.2, 0.25) is 0 Å². The molecule has 108 valence electrons. The van der Waals surface area contributed by atoms with Crippen molar-refractivity contribution in [3.05, 3.63) is 11.3 Å². The fourth-order valence-electron chi connectivity index (χ4n) is 2.97. The van der Waals surface area contributed by atoms with E-state index < -0.39 is 0 Å². The van der Waals surface area contributed by atoms with Gasteiger partial charge in [0, 0.05) is 38.9 Å². The standard InChI is InChI=1S/C14H26N4O/c1-10(15)8-13-11(2)16-17(3)14(13)18-7-5-6-12(9-18)19-4/h10,12H,5-9,15H2,1-4H3. The Kier molecular flexibility index (Phi) is 4.47. The van der Waals surface area contributed by atoms with Crippen molar-refractivity contribution in [2.45, 2.75) is 45.3 Å². The third-order valence-corrected chi connectivity index (χ3v) is 3.85. The van der Waals surface area contributed by atoms with Crippen LogP contribution in [0.5, 0.6) is 0 Å². The SMILES string of the molecule is COC1CCCN(c2c(CC(C)N)c(C)nn2C)C1. The van der Waals surface area contributed by atoms with E-state index in [2.05, 4.69) is 16.9 Å². The van der Waals surface area contributed by atoms with Crippen molar-refractivity contribution in [2.75, 3.05) is 25.1 Å². The monoisotopic (exact) mass is 266 g/mol. The number of rotatable bonds is 4. The fourth-order valence-corrected chi connectivity index (χ4v) is 2.97. The van der Waals surface area contributed by atoms with E-state index >= 15 is 0 Å². The zero-order valence-corrected chi connectivity index (χ0v) is 12.5. The number of hydrogen-bond donors (Lipinski definition) is 1. The molecule has 2 N–H and O–H groups in total. The lowest BCUT2D eigenvalue weighted by atomic mass is 10.0. The van der Waals surface area contributed by atoms with Crippen LogP contribution in [-0.2, 0) is 18.2 Å². The molecule has 1 aromatic rings. The molecular formula is C14H26N4O. The molecule has 2 unspecified atom stereocenters. The average molecular weight is 266 g/mol. The quantitative estimate of drug-likeness (QED) is 0.890. The first-order valence-electron chi connectivity index (χ1n) is 7.08. The maximum absolute atomic E-state index is 5.97. The first-order chi connectivity index (χ1) is 9.02. The largest absolute Gasteiger partial charge is 0.380 e. The Labute approximate surface area is 115 Å². The number of ether oxygens (including phenoxy) is 1. The highest BCUT2D eigenvalue weighted by atomic mass is 16.5. The molecule has 2 atom stereocenters. The molecule has 0 saturated carbocycles. The molecular weight excluding hydrogens is 240 g/mol. The third kappa shape index (κ3) is 3.09. The van der Waals surface area contributed by atoms with Gasteiger partial charge >= 0.3 is 0 Å². The first-order valence-corrected chi connectivity index (χ1v) is 7.08. The summed E-state index contributed by atoms with van der Waals surface area (Å²) < 4.78 is 7.51. The topological polar surface area (TPSA) is 56.3 Å². The highest BCUT2D eigenvalue weighted by Crippen LogP contribution is 2.27. The molecule has 5 nitrogen and oxygen atoms in total. The van der Waals surface area contributed by atoms with E-state index in [1.54, 1.807) is 7.11 Å². The molecule has 0 aromatic carbocycles. The van der Waals surface area contributed by atoms with E-state index in [9.17, 15) is 0 Å². The number of nitrogens with two attached hydrogens (primary N) is 1. The van der Waals surface area contributed by atoms with E-state index in [1.165, 1.54) is 17.8 Å². The Hall–Kier alpha value is -1.07. The number of piperidine rings is 1. The van der Waals surface area contributed by atoms with Gasteiger partial charge < -0.3 is 15.4 Å². The smallest absolute Gasteiger partial charge is 0.130 e. The van der Waals surface area contributed by atoms with E-state index in [4.69, 9.17) is 10.5 Å². The minimum absolute atomic E-state index is 0.157. The molecule has 19 heavy (non-hydrogen) atoms. The Morgan fingerprint density at radius 1 is 1.53 bits per heavy atom. The van der Waals surface area contributed by atoms with Crippen LogP contribution in [0.4, 0.5) is 5.82 Å². The van der Waals surface area contributed by atoms with Crippen LogP contribution in [0.25, 0.3) is 0 Å². The molecule has 0 bridgehead atoms. The molecule has 2 heterocycles. The van der Waals surface area contributed by atoms with Crippen LogP contribution >= 0.6 is 0 Å². The average Bonchev–Trinajstić information content (AvgIpc) is 2.63. The zero-order valence-electron chi connectivity index (χ0n) is 12.5. The molecule has 0 radical (unpaired) electrons. The van der Waals surface area contributed by atoms with Crippen molar-refractivity contribution in [3.63, 3.8) is 0 Å². The summed E-state index contributed by atoms with van der Waals surface area (Å²) in [5.41, 5.74) is 8.35. The van der Waals surface area contributed by atoms with Crippen LogP contribution in [-0.4, -0.2) is 42.1 Å². The second-order valence-corrected chi connectivity index (χ2v) is 5.64. The normalized spacial score (nSPS) is 21.7. The summed E-state index contributed by atoms with van der Waals surface area (Å²) in [6.07, 6.45) is 3.52. The van der Waals surface area contributed by atoms with Gasteiger partial charge in [0.15, 0.2) is 0 Å². The number of aryl methyl sites for hydroxylation is 2. The number of hydrogen-bond acceptors (Lipinski definition) is 4. The predicted octanol–water partition coefficient (Wildman–Crippen LogP) is 1.23. The number of nitrogens with zero attached hydrogens (tertiary/aromatic N) is 3. The van der Waals surface area contributed by atoms with Gasteiger partial charge in [-0.25, -0.2) is 0 Å². The van der Waals surface area contributed by atoms with Crippen LogP contribution < -0.4 is 10.6 Å². The molecule has 2 rings (SSSR count). The van der Waals surface area contributed by atoms with Crippen LogP contribution in [0.1, 0.15) is 31.0 Å². The number of aromatic nitrogens is 2. The Bertz CT molecular complexity index is 427. The summed E-state index contributed by atoms with van der Waals surface area (Å²) in [6, 6.07) is 0.157. The van der Waals surface area contributed by atoms with Crippen molar-refractivity contribution in [3.8, 4) is 0 Å². The maximum Gasteiger partial charge on any atom is 0.130 e. The molecule has 1 aliphatic rings. The maximum atomic E-state index is 5.97. The summed E-state index contributed by atoms with van der Waals surface area (Å²) in [6.45, 7) is 6.13. The lowest BCUT2D eigenvalue weighted by Gasteiger charge is -2.34. The van der Waals surface area contributed by atoms with Gasteiger partial charge in [-0.3, -0.25) is 4.68 Å². The highest BCUT2D eigenvalue weighted by Gasteiger charge is 2.25. The van der Waals surface area contributed by atoms with Crippen molar-refractivity contribution < 1.29 is 4.74 Å². The summed E-state index contributed by atoms with van der Waals surface area (Å²) in [7, 11) is 3.81. The van der Waals surface area contributed by atoms with Gasteiger partial charge in [0.2, 0.25) is 0 Å². The van der Waals surface area contributed by atoms with Crippen LogP contribution in [0, 0.1) is 6.92 Å². The Morgan fingerprint density at radius 3 is 2.89 bits per heavy atom. The van der Waals surface area contributed by atoms with Gasteiger partial charge in [-0.2, -0.15) is 5.10 Å². The molecule has 0 spiro atoms. The molecule has 1 aromatic heterocycles. The van der Waals surface area contributed by atoms with E-state index in [0.29, 0.717) is 6.10 Å². The lowest BCUT2D eigenvalue weighted by Crippen LogP contribution is -2.40. The fraction of sp³-hybridized carbons (Fsp3) is 0.786. The molecule has 0 amide bonds. The first kappa shape index (κ1) is 14.3. The van der Waals surface area contributed by atoms with Crippen molar-refractivity contribution >= 4 is 5.82 Å². The summed E-state index contributed by atoms with van der Waals surface area (Å²) in [4.78, 5) is 2.40. The van der Waals surface area contributed by atoms with E-state index in [1.807, 2.05) is 18.7 Å². The van der Waals surface area contributed by atoms with Gasteiger partial charge in [-0.05, 0) is 33.1 Å². The summed E-state index contributed by atoms with van der Waals surface area (Å²) in [5.74, 6) is 1.22. The van der Waals surface area contributed by atoms with Crippen molar-refractivity contribution in [2.24, 2.45) is 12.8 Å². The van der Waals surface area contributed by atoms with Crippen LogP contribution in [0.15, 0.2) is 0 Å². The van der Waals surface area contributed by atoms with Gasteiger partial charge in [0.1, 0.15) is 5.82 Å². The van der Waals surface area contributed by atoms with Gasteiger partial charge in [-0.15, -0.1) is 0 Å². The third-order valence-electron chi connectivity index (χ3n) is 3.85. The summed E-state index contributed by atoms with van der Waals surface area (Å²) >= 11 is 0. The Morgan fingerprint density at radius 2 is 2.26 bits per heavy atom. The molecule has 1 saturated heterocycles. The number of methoxy groups -OCH3 is 1. The van der Waals surface area contributed by atoms with Gasteiger partial charge in [-0.1, -0.05) is 0 Å². The minimum Gasteiger partial charge on any atom is -0.380 e. The predicted molar refractivity (Wildman–Crippen MR) is 77.5 cm³/mol. The number of anilines is 1. The zero-order chi connectivity index (χ0) is 14.0. The van der Waals surface area contributed by atoms with Crippen molar-refractivity contribution in [1.82, 2.24) is 9.78 Å². The van der Waals surface area contributed by atoms with E-state index in [-0.39, 0.29) is 6.04 Å².